The lowest BCUT2D eigenvalue weighted by Gasteiger charge is -2.07. The first kappa shape index (κ1) is 15.6. The van der Waals surface area contributed by atoms with Gasteiger partial charge < -0.3 is 0 Å². The topological polar surface area (TPSA) is 99.9 Å². The van der Waals surface area contributed by atoms with Crippen LogP contribution < -0.4 is 4.72 Å². The van der Waals surface area contributed by atoms with Crippen molar-refractivity contribution >= 4 is 43.4 Å². The Kier molecular flexibility index (Phi) is 4.72. The Labute approximate surface area is 133 Å². The molecular formula is C12H8BrN3O3S2. The molecule has 6 nitrogen and oxygen atoms in total. The predicted octanol–water partition coefficient (Wildman–Crippen LogP) is 1.82. The summed E-state index contributed by atoms with van der Waals surface area (Å²) in [6.07, 6.45) is 1.47. The quantitative estimate of drug-likeness (QED) is 0.864. The van der Waals surface area contributed by atoms with Gasteiger partial charge in [-0.2, -0.15) is 5.26 Å². The summed E-state index contributed by atoms with van der Waals surface area (Å²) in [5, 5.41) is 8.85. The summed E-state index contributed by atoms with van der Waals surface area (Å²) in [6, 6.07) is 7.51. The molecule has 0 fully saturated rings. The smallest absolute Gasteiger partial charge is 0.264 e. The molecule has 1 heterocycles. The minimum absolute atomic E-state index is 0.0665. The van der Waals surface area contributed by atoms with Gasteiger partial charge in [0, 0.05) is 15.5 Å². The van der Waals surface area contributed by atoms with Crippen LogP contribution in [0.1, 0.15) is 10.4 Å². The molecule has 0 atom stereocenters. The van der Waals surface area contributed by atoms with Crippen LogP contribution in [0, 0.1) is 11.3 Å². The van der Waals surface area contributed by atoms with E-state index in [0.717, 1.165) is 11.5 Å². The molecular weight excluding hydrogens is 378 g/mol. The molecule has 0 saturated heterocycles. The fraction of sp³-hybridized carbons (Fsp3) is 0.0833. The minimum atomic E-state index is -4.01. The van der Waals surface area contributed by atoms with Gasteiger partial charge in [-0.25, -0.2) is 17.5 Å². The van der Waals surface area contributed by atoms with Crippen LogP contribution in [-0.2, 0) is 21.2 Å². The number of carbonyl (C=O) groups is 1. The van der Waals surface area contributed by atoms with Crippen LogP contribution in [0.15, 0.2) is 39.8 Å². The van der Waals surface area contributed by atoms with Gasteiger partial charge in [-0.15, -0.1) is 0 Å². The Morgan fingerprint density at radius 3 is 2.81 bits per heavy atom. The molecule has 1 aromatic carbocycles. The van der Waals surface area contributed by atoms with E-state index < -0.39 is 15.9 Å². The van der Waals surface area contributed by atoms with Crippen LogP contribution in [0.25, 0.3) is 0 Å². The van der Waals surface area contributed by atoms with Crippen LogP contribution in [0.2, 0.25) is 0 Å². The van der Waals surface area contributed by atoms with Crippen molar-refractivity contribution in [3.05, 3.63) is 45.4 Å². The summed E-state index contributed by atoms with van der Waals surface area (Å²) in [4.78, 5) is 12.3. The highest BCUT2D eigenvalue weighted by Gasteiger charge is 2.19. The summed E-state index contributed by atoms with van der Waals surface area (Å²) < 4.78 is 30.5. The molecule has 0 saturated carbocycles. The van der Waals surface area contributed by atoms with Gasteiger partial charge >= 0.3 is 0 Å². The van der Waals surface area contributed by atoms with E-state index in [1.165, 1.54) is 24.4 Å². The summed E-state index contributed by atoms with van der Waals surface area (Å²) in [5.74, 6) is -0.655. The molecule has 0 aliphatic heterocycles. The number of hydrogen-bond acceptors (Lipinski definition) is 6. The summed E-state index contributed by atoms with van der Waals surface area (Å²) >= 11 is 4.25. The van der Waals surface area contributed by atoms with Crippen molar-refractivity contribution in [1.29, 1.82) is 5.26 Å². The zero-order chi connectivity index (χ0) is 15.5. The highest BCUT2D eigenvalue weighted by molar-refractivity contribution is 9.10. The maximum Gasteiger partial charge on any atom is 0.264 e. The van der Waals surface area contributed by atoms with Gasteiger partial charge in [0.2, 0.25) is 5.91 Å². The second kappa shape index (κ2) is 6.34. The molecule has 1 aromatic heterocycles. The van der Waals surface area contributed by atoms with E-state index in [-0.39, 0.29) is 16.9 Å². The highest BCUT2D eigenvalue weighted by Crippen LogP contribution is 2.19. The summed E-state index contributed by atoms with van der Waals surface area (Å²) in [5.41, 5.74) is 0.180. The number of benzene rings is 1. The van der Waals surface area contributed by atoms with Crippen molar-refractivity contribution in [3.63, 3.8) is 0 Å². The average Bonchev–Trinajstić information content (AvgIpc) is 2.89. The zero-order valence-corrected chi connectivity index (χ0v) is 13.6. The number of sulfonamides is 1. The third-order valence-electron chi connectivity index (χ3n) is 2.38. The number of aromatic nitrogens is 1. The zero-order valence-electron chi connectivity index (χ0n) is 10.4. The van der Waals surface area contributed by atoms with Crippen molar-refractivity contribution in [2.24, 2.45) is 0 Å². The van der Waals surface area contributed by atoms with Gasteiger partial charge in [-0.3, -0.25) is 4.79 Å². The Balaban J connectivity index is 2.20. The first-order chi connectivity index (χ1) is 9.90. The largest absolute Gasteiger partial charge is 0.274 e. The number of nitrogens with zero attached hydrogens (tertiary/aromatic N) is 2. The Morgan fingerprint density at radius 2 is 2.19 bits per heavy atom. The fourth-order valence-electron chi connectivity index (χ4n) is 1.52. The van der Waals surface area contributed by atoms with Crippen molar-refractivity contribution in [1.82, 2.24) is 9.10 Å². The molecule has 2 aromatic rings. The standard InChI is InChI=1S/C12H8BrN3O3S2/c13-9-3-8(7-14)4-11(5-9)21(18,19)16-12(17)6-10-1-2-15-20-10/h1-5H,6H2,(H,16,17). The second-order valence-electron chi connectivity index (χ2n) is 3.97. The number of hydrogen-bond donors (Lipinski definition) is 1. The molecule has 0 aliphatic rings. The molecule has 0 unspecified atom stereocenters. The molecule has 21 heavy (non-hydrogen) atoms. The molecule has 0 bridgehead atoms. The van der Waals surface area contributed by atoms with Gasteiger partial charge in [-0.05, 0) is 35.8 Å². The molecule has 0 spiro atoms. The van der Waals surface area contributed by atoms with E-state index in [9.17, 15) is 13.2 Å². The lowest BCUT2D eigenvalue weighted by Crippen LogP contribution is -2.31. The normalized spacial score (nSPS) is 10.9. The number of halogens is 1. The number of nitriles is 1. The third kappa shape index (κ3) is 4.10. The maximum atomic E-state index is 12.1. The van der Waals surface area contributed by atoms with E-state index >= 15 is 0 Å². The predicted molar refractivity (Wildman–Crippen MR) is 80.0 cm³/mol. The van der Waals surface area contributed by atoms with Crippen molar-refractivity contribution in [2.45, 2.75) is 11.3 Å². The SMILES string of the molecule is N#Cc1cc(Br)cc(S(=O)(=O)NC(=O)Cc2ccns2)c1. The molecule has 2 rings (SSSR count). The number of rotatable bonds is 4. The van der Waals surface area contributed by atoms with Crippen LogP contribution in [-0.4, -0.2) is 18.7 Å². The van der Waals surface area contributed by atoms with Crippen LogP contribution in [0.5, 0.6) is 0 Å². The monoisotopic (exact) mass is 385 g/mol. The average molecular weight is 386 g/mol. The molecule has 1 amide bonds. The highest BCUT2D eigenvalue weighted by atomic mass is 79.9. The number of amides is 1. The fourth-order valence-corrected chi connectivity index (χ4v) is 3.79. The van der Waals surface area contributed by atoms with Crippen LogP contribution in [0.4, 0.5) is 0 Å². The van der Waals surface area contributed by atoms with Crippen LogP contribution in [0.3, 0.4) is 0 Å². The first-order valence-corrected chi connectivity index (χ1v) is 8.61. The van der Waals surface area contributed by atoms with E-state index in [1.54, 1.807) is 6.07 Å². The Morgan fingerprint density at radius 1 is 1.43 bits per heavy atom. The molecule has 0 aliphatic carbocycles. The Hall–Kier alpha value is -1.76. The molecule has 108 valence electrons. The van der Waals surface area contributed by atoms with Gasteiger partial charge in [0.15, 0.2) is 0 Å². The number of carbonyl (C=O) groups excluding carboxylic acids is 1. The van der Waals surface area contributed by atoms with E-state index in [2.05, 4.69) is 20.3 Å². The van der Waals surface area contributed by atoms with Gasteiger partial charge in [-0.1, -0.05) is 15.9 Å². The van der Waals surface area contributed by atoms with E-state index in [1.807, 2.05) is 10.8 Å². The van der Waals surface area contributed by atoms with E-state index in [4.69, 9.17) is 5.26 Å². The number of nitrogens with one attached hydrogen (secondary N) is 1. The molecule has 0 radical (unpaired) electrons. The van der Waals surface area contributed by atoms with Crippen molar-refractivity contribution in [2.75, 3.05) is 0 Å². The maximum absolute atomic E-state index is 12.1. The Bertz CT molecular complexity index is 811. The van der Waals surface area contributed by atoms with Gasteiger partial charge in [0.1, 0.15) is 0 Å². The lowest BCUT2D eigenvalue weighted by atomic mass is 10.2. The lowest BCUT2D eigenvalue weighted by molar-refractivity contribution is -0.118. The molecule has 9 heteroatoms. The van der Waals surface area contributed by atoms with E-state index in [0.29, 0.717) is 9.35 Å². The van der Waals surface area contributed by atoms with Crippen molar-refractivity contribution < 1.29 is 13.2 Å². The summed E-state index contributed by atoms with van der Waals surface area (Å²) in [6.45, 7) is 0. The van der Waals surface area contributed by atoms with Crippen molar-refractivity contribution in [3.8, 4) is 6.07 Å². The van der Waals surface area contributed by atoms with Gasteiger partial charge in [0.05, 0.1) is 22.9 Å². The first-order valence-electron chi connectivity index (χ1n) is 5.56. The third-order valence-corrected chi connectivity index (χ3v) is 4.94. The summed E-state index contributed by atoms with van der Waals surface area (Å²) in [7, 11) is -4.01. The minimum Gasteiger partial charge on any atom is -0.274 e. The molecule has 1 N–H and O–H groups in total. The van der Waals surface area contributed by atoms with Crippen LogP contribution >= 0.6 is 27.5 Å². The van der Waals surface area contributed by atoms with Gasteiger partial charge in [0.25, 0.3) is 10.0 Å². The second-order valence-corrected chi connectivity index (χ2v) is 7.49.